The largest absolute Gasteiger partial charge is 0.354 e. The summed E-state index contributed by atoms with van der Waals surface area (Å²) in [4.78, 5) is 14.3. The second-order valence-corrected chi connectivity index (χ2v) is 6.40. The Kier molecular flexibility index (Phi) is 5.91. The van der Waals surface area contributed by atoms with Crippen LogP contribution >= 0.6 is 0 Å². The van der Waals surface area contributed by atoms with Crippen LogP contribution in [-0.2, 0) is 4.79 Å². The molecule has 1 aromatic rings. The summed E-state index contributed by atoms with van der Waals surface area (Å²) in [6.07, 6.45) is 3.73. The van der Waals surface area contributed by atoms with Gasteiger partial charge in [0.2, 0.25) is 5.91 Å². The molecule has 5 heteroatoms. The third-order valence-corrected chi connectivity index (χ3v) is 4.43. The second-order valence-electron chi connectivity index (χ2n) is 6.40. The van der Waals surface area contributed by atoms with Gasteiger partial charge in [0, 0.05) is 18.5 Å². The van der Waals surface area contributed by atoms with Gasteiger partial charge in [0.15, 0.2) is 0 Å². The molecule has 3 atom stereocenters. The number of nitrogens with zero attached hydrogens (tertiary/aromatic N) is 1. The van der Waals surface area contributed by atoms with E-state index in [9.17, 15) is 9.18 Å². The molecule has 0 bridgehead atoms. The molecule has 0 radical (unpaired) electrons. The molecular formula is C17H26FN3O. The first-order chi connectivity index (χ1) is 10.5. The minimum atomic E-state index is -0.249. The van der Waals surface area contributed by atoms with Crippen LogP contribution in [0.15, 0.2) is 24.3 Å². The Labute approximate surface area is 131 Å². The third-order valence-electron chi connectivity index (χ3n) is 4.43. The molecule has 0 saturated heterocycles. The summed E-state index contributed by atoms with van der Waals surface area (Å²) in [5, 5.41) is 3.04. The Balaban J connectivity index is 1.94. The number of rotatable bonds is 5. The van der Waals surface area contributed by atoms with E-state index in [0.717, 1.165) is 31.2 Å². The lowest BCUT2D eigenvalue weighted by atomic mass is 9.85. The Morgan fingerprint density at radius 2 is 2.05 bits per heavy atom. The Morgan fingerprint density at radius 1 is 1.36 bits per heavy atom. The van der Waals surface area contributed by atoms with Crippen molar-refractivity contribution in [1.82, 2.24) is 10.2 Å². The molecule has 0 aliphatic heterocycles. The number of hydrogen-bond donors (Lipinski definition) is 2. The van der Waals surface area contributed by atoms with E-state index in [4.69, 9.17) is 5.73 Å². The van der Waals surface area contributed by atoms with Gasteiger partial charge in [0.25, 0.3) is 0 Å². The number of nitrogens with two attached hydrogens (primary N) is 1. The number of carbonyl (C=O) groups is 1. The molecule has 22 heavy (non-hydrogen) atoms. The molecule has 1 aliphatic carbocycles. The van der Waals surface area contributed by atoms with E-state index in [1.54, 1.807) is 12.1 Å². The molecular weight excluding hydrogens is 281 g/mol. The Hall–Kier alpha value is -1.46. The van der Waals surface area contributed by atoms with Gasteiger partial charge in [-0.1, -0.05) is 18.6 Å². The van der Waals surface area contributed by atoms with Crippen molar-refractivity contribution >= 4 is 5.91 Å². The minimum absolute atomic E-state index is 0.0276. The van der Waals surface area contributed by atoms with Crippen molar-refractivity contribution in [3.8, 4) is 0 Å². The van der Waals surface area contributed by atoms with Gasteiger partial charge in [0.05, 0.1) is 6.04 Å². The Bertz CT molecular complexity index is 489. The van der Waals surface area contributed by atoms with E-state index in [0.29, 0.717) is 6.54 Å². The molecule has 0 aromatic heterocycles. The fourth-order valence-electron chi connectivity index (χ4n) is 3.09. The van der Waals surface area contributed by atoms with Gasteiger partial charge in [-0.2, -0.15) is 0 Å². The van der Waals surface area contributed by atoms with Crippen molar-refractivity contribution in [2.75, 3.05) is 20.6 Å². The number of hydrogen-bond acceptors (Lipinski definition) is 3. The summed E-state index contributed by atoms with van der Waals surface area (Å²) in [6, 6.07) is 6.61. The van der Waals surface area contributed by atoms with Crippen molar-refractivity contribution in [3.05, 3.63) is 35.6 Å². The number of benzene rings is 1. The maximum atomic E-state index is 13.0. The molecule has 1 fully saturated rings. The predicted octanol–water partition coefficient (Wildman–Crippen LogP) is 2.06. The zero-order valence-corrected chi connectivity index (χ0v) is 13.4. The highest BCUT2D eigenvalue weighted by Crippen LogP contribution is 2.24. The maximum Gasteiger partial charge on any atom is 0.223 e. The van der Waals surface area contributed by atoms with E-state index in [-0.39, 0.29) is 29.7 Å². The van der Waals surface area contributed by atoms with Gasteiger partial charge >= 0.3 is 0 Å². The molecule has 0 heterocycles. The molecule has 0 spiro atoms. The molecule has 3 unspecified atom stereocenters. The van der Waals surface area contributed by atoms with Crippen LogP contribution in [0.25, 0.3) is 0 Å². The number of likely N-dealkylation sites (N-methyl/N-ethyl adjacent to an activating group) is 1. The van der Waals surface area contributed by atoms with Crippen molar-refractivity contribution in [2.24, 2.45) is 11.7 Å². The van der Waals surface area contributed by atoms with Crippen molar-refractivity contribution < 1.29 is 9.18 Å². The predicted molar refractivity (Wildman–Crippen MR) is 85.8 cm³/mol. The van der Waals surface area contributed by atoms with Crippen LogP contribution in [0.5, 0.6) is 0 Å². The van der Waals surface area contributed by atoms with E-state index >= 15 is 0 Å². The molecule has 2 rings (SSSR count). The van der Waals surface area contributed by atoms with E-state index in [1.165, 1.54) is 12.1 Å². The number of amides is 1. The summed E-state index contributed by atoms with van der Waals surface area (Å²) in [6.45, 7) is 0.517. The van der Waals surface area contributed by atoms with Crippen molar-refractivity contribution in [1.29, 1.82) is 0 Å². The monoisotopic (exact) mass is 307 g/mol. The van der Waals surface area contributed by atoms with E-state index in [1.807, 2.05) is 19.0 Å². The topological polar surface area (TPSA) is 58.4 Å². The maximum absolute atomic E-state index is 13.0. The van der Waals surface area contributed by atoms with Crippen LogP contribution in [0.2, 0.25) is 0 Å². The fraction of sp³-hybridized carbons (Fsp3) is 0.588. The van der Waals surface area contributed by atoms with Gasteiger partial charge in [-0.25, -0.2) is 4.39 Å². The summed E-state index contributed by atoms with van der Waals surface area (Å²) in [5.74, 6) is -0.134. The lowest BCUT2D eigenvalue weighted by molar-refractivity contribution is -0.126. The molecule has 3 N–H and O–H groups in total. The summed E-state index contributed by atoms with van der Waals surface area (Å²) in [7, 11) is 3.91. The zero-order valence-electron chi connectivity index (χ0n) is 13.4. The average Bonchev–Trinajstić information content (AvgIpc) is 2.48. The van der Waals surface area contributed by atoms with E-state index < -0.39 is 0 Å². The first-order valence-electron chi connectivity index (χ1n) is 7.92. The third kappa shape index (κ3) is 4.52. The number of halogens is 1. The normalized spacial score (nSPS) is 23.3. The zero-order chi connectivity index (χ0) is 16.1. The standard InChI is InChI=1S/C17H26FN3O/c1-21(2)16(12-6-8-14(18)9-7-12)11-20-17(22)13-4-3-5-15(19)10-13/h6-9,13,15-16H,3-5,10-11,19H2,1-2H3,(H,20,22). The smallest absolute Gasteiger partial charge is 0.223 e. The minimum Gasteiger partial charge on any atom is -0.354 e. The molecule has 1 aliphatic rings. The summed E-state index contributed by atoms with van der Waals surface area (Å²) >= 11 is 0. The van der Waals surface area contributed by atoms with Crippen LogP contribution < -0.4 is 11.1 Å². The highest BCUT2D eigenvalue weighted by Gasteiger charge is 2.26. The van der Waals surface area contributed by atoms with Crippen LogP contribution in [-0.4, -0.2) is 37.5 Å². The van der Waals surface area contributed by atoms with Gasteiger partial charge in [-0.15, -0.1) is 0 Å². The summed E-state index contributed by atoms with van der Waals surface area (Å²) < 4.78 is 13.0. The second kappa shape index (κ2) is 7.70. The molecule has 1 aromatic carbocycles. The van der Waals surface area contributed by atoms with Crippen molar-refractivity contribution in [3.63, 3.8) is 0 Å². The SMILES string of the molecule is CN(C)C(CNC(=O)C1CCCC(N)C1)c1ccc(F)cc1. The van der Waals surface area contributed by atoms with Gasteiger partial charge in [-0.05, 0) is 51.1 Å². The van der Waals surface area contributed by atoms with E-state index in [2.05, 4.69) is 5.32 Å². The number of nitrogens with one attached hydrogen (secondary N) is 1. The molecule has 1 saturated carbocycles. The summed E-state index contributed by atoms with van der Waals surface area (Å²) in [5.41, 5.74) is 6.94. The van der Waals surface area contributed by atoms with Crippen LogP contribution in [0.3, 0.4) is 0 Å². The molecule has 4 nitrogen and oxygen atoms in total. The van der Waals surface area contributed by atoms with Gasteiger partial charge in [-0.3, -0.25) is 4.79 Å². The van der Waals surface area contributed by atoms with Gasteiger partial charge < -0.3 is 16.0 Å². The average molecular weight is 307 g/mol. The van der Waals surface area contributed by atoms with Crippen LogP contribution in [0.4, 0.5) is 4.39 Å². The van der Waals surface area contributed by atoms with Crippen LogP contribution in [0, 0.1) is 11.7 Å². The highest BCUT2D eigenvalue weighted by atomic mass is 19.1. The lowest BCUT2D eigenvalue weighted by Crippen LogP contribution is -2.41. The Morgan fingerprint density at radius 3 is 2.64 bits per heavy atom. The first kappa shape index (κ1) is 16.9. The fourth-order valence-corrected chi connectivity index (χ4v) is 3.09. The quantitative estimate of drug-likeness (QED) is 0.875. The van der Waals surface area contributed by atoms with Gasteiger partial charge in [0.1, 0.15) is 5.82 Å². The lowest BCUT2D eigenvalue weighted by Gasteiger charge is -2.28. The van der Waals surface area contributed by atoms with Crippen LogP contribution in [0.1, 0.15) is 37.3 Å². The highest BCUT2D eigenvalue weighted by molar-refractivity contribution is 5.78. The first-order valence-corrected chi connectivity index (χ1v) is 7.92. The molecule has 1 amide bonds. The van der Waals surface area contributed by atoms with Crippen molar-refractivity contribution in [2.45, 2.75) is 37.8 Å². The number of carbonyl (C=O) groups excluding carboxylic acids is 1. The molecule has 122 valence electrons.